The number of aliphatic hydroxyl groups is 1. The summed E-state index contributed by atoms with van der Waals surface area (Å²) in [5.74, 6) is 0.286. The van der Waals surface area contributed by atoms with Crippen LogP contribution >= 0.6 is 0 Å². The van der Waals surface area contributed by atoms with E-state index in [1.807, 2.05) is 18.2 Å². The zero-order valence-corrected chi connectivity index (χ0v) is 25.7. The van der Waals surface area contributed by atoms with Crippen LogP contribution in [0.25, 0.3) is 0 Å². The van der Waals surface area contributed by atoms with E-state index in [9.17, 15) is 13.0 Å². The third-order valence-electron chi connectivity index (χ3n) is 6.92. The van der Waals surface area contributed by atoms with Gasteiger partial charge >= 0.3 is 0 Å². The van der Waals surface area contributed by atoms with E-state index < -0.39 is 22.4 Å². The van der Waals surface area contributed by atoms with Gasteiger partial charge in [-0.05, 0) is 49.5 Å². The van der Waals surface area contributed by atoms with E-state index in [1.165, 1.54) is 0 Å². The maximum Gasteiger partial charge on any atom is 0.251 e. The molecule has 1 unspecified atom stereocenters. The van der Waals surface area contributed by atoms with E-state index in [4.69, 9.17) is 20.2 Å². The van der Waals surface area contributed by atoms with Gasteiger partial charge in [0.25, 0.3) is 5.71 Å². The Morgan fingerprint density at radius 2 is 2.00 bits per heavy atom. The van der Waals surface area contributed by atoms with Gasteiger partial charge in [0, 0.05) is 70.2 Å². The second kappa shape index (κ2) is 16.0. The van der Waals surface area contributed by atoms with Crippen molar-refractivity contribution in [2.24, 2.45) is 5.92 Å². The fourth-order valence-corrected chi connectivity index (χ4v) is 5.10. The molecule has 2 atom stereocenters. The largest absolute Gasteiger partial charge is 0.491 e. The van der Waals surface area contributed by atoms with Crippen molar-refractivity contribution in [1.29, 1.82) is 0 Å². The van der Waals surface area contributed by atoms with Crippen molar-refractivity contribution in [3.05, 3.63) is 113 Å². The lowest BCUT2D eigenvalue weighted by Gasteiger charge is -2.15. The fraction of sp³-hybridized carbons (Fsp3) is 0.303. The molecule has 5 N–H and O–H groups in total. The Hall–Kier alpha value is -4.22. The molecular formula is C33H38F2N5O3S+. The highest BCUT2D eigenvalue weighted by molar-refractivity contribution is 7.84. The van der Waals surface area contributed by atoms with Crippen LogP contribution in [0.2, 0.25) is 0 Å². The summed E-state index contributed by atoms with van der Waals surface area (Å²) < 4.78 is 46.3. The Labute approximate surface area is 259 Å². The van der Waals surface area contributed by atoms with Crippen molar-refractivity contribution in [1.82, 2.24) is 9.97 Å². The highest BCUT2D eigenvalue weighted by atomic mass is 32.2. The summed E-state index contributed by atoms with van der Waals surface area (Å²) in [6.07, 6.45) is 16.0. The average molecular weight is 623 g/mol. The number of allylic oxidation sites excluding steroid dienone is 5. The topological polar surface area (TPSA) is 122 Å². The SMILES string of the molecule is CC1\C=C/C(Nc2nc(C(=[NH2+])c3ccccc3NCc3c(F)cc(OCCO)cc3F)ncc2CCC[S@@](C)=O)=C\C=C\C1. The number of hydrogen-bond acceptors (Lipinski definition) is 7. The highest BCUT2D eigenvalue weighted by Gasteiger charge is 2.21. The van der Waals surface area contributed by atoms with E-state index in [1.54, 1.807) is 36.7 Å². The molecule has 0 aliphatic heterocycles. The summed E-state index contributed by atoms with van der Waals surface area (Å²) in [5.41, 5.74) is 2.94. The second-order valence-corrected chi connectivity index (χ2v) is 12.0. The van der Waals surface area contributed by atoms with Gasteiger partial charge in [0.1, 0.15) is 29.8 Å². The molecule has 0 fully saturated rings. The maximum atomic E-state index is 14.7. The van der Waals surface area contributed by atoms with Crippen LogP contribution < -0.4 is 20.8 Å². The zero-order chi connectivity index (χ0) is 31.5. The molecular weight excluding hydrogens is 584 g/mol. The van der Waals surface area contributed by atoms with E-state index >= 15 is 0 Å². The number of aliphatic hydroxyl groups excluding tert-OH is 1. The molecule has 44 heavy (non-hydrogen) atoms. The van der Waals surface area contributed by atoms with Crippen molar-refractivity contribution in [2.45, 2.75) is 32.7 Å². The first-order valence-corrected chi connectivity index (χ1v) is 16.1. The van der Waals surface area contributed by atoms with Crippen LogP contribution in [0.5, 0.6) is 5.75 Å². The molecule has 1 aliphatic rings. The normalized spacial score (nSPS) is 17.8. The Kier molecular flexibility index (Phi) is 11.9. The van der Waals surface area contributed by atoms with Gasteiger partial charge in [-0.1, -0.05) is 37.3 Å². The lowest BCUT2D eigenvalue weighted by Crippen LogP contribution is -2.42. The van der Waals surface area contributed by atoms with E-state index in [-0.39, 0.29) is 42.6 Å². The van der Waals surface area contributed by atoms with Gasteiger partial charge in [0.2, 0.25) is 5.82 Å². The number of halogens is 2. The number of ether oxygens (including phenoxy) is 1. The first-order valence-electron chi connectivity index (χ1n) is 14.4. The lowest BCUT2D eigenvalue weighted by molar-refractivity contribution is -0.112. The van der Waals surface area contributed by atoms with Crippen molar-refractivity contribution in [3.8, 4) is 5.75 Å². The second-order valence-electron chi connectivity index (χ2n) is 10.4. The zero-order valence-electron chi connectivity index (χ0n) is 24.9. The van der Waals surface area contributed by atoms with Crippen molar-refractivity contribution >= 4 is 28.0 Å². The smallest absolute Gasteiger partial charge is 0.251 e. The summed E-state index contributed by atoms with van der Waals surface area (Å²) in [6, 6.07) is 9.30. The van der Waals surface area contributed by atoms with Gasteiger partial charge in [-0.25, -0.2) is 18.7 Å². The van der Waals surface area contributed by atoms with Crippen molar-refractivity contribution in [2.75, 3.05) is 35.9 Å². The number of nitrogens with zero attached hydrogens (tertiary/aromatic N) is 2. The maximum absolute atomic E-state index is 14.7. The van der Waals surface area contributed by atoms with Gasteiger partial charge in [-0.3, -0.25) is 9.62 Å². The number of benzene rings is 2. The first kappa shape index (κ1) is 32.7. The summed E-state index contributed by atoms with van der Waals surface area (Å²) in [7, 11) is -0.908. The van der Waals surface area contributed by atoms with Gasteiger partial charge in [0.05, 0.1) is 12.2 Å². The number of nitrogens with two attached hydrogens (primary N) is 1. The Morgan fingerprint density at radius 1 is 1.23 bits per heavy atom. The van der Waals surface area contributed by atoms with E-state index in [2.05, 4.69) is 34.7 Å². The van der Waals surface area contributed by atoms with E-state index in [0.29, 0.717) is 41.6 Å². The quantitative estimate of drug-likeness (QED) is 0.200. The average Bonchev–Trinajstić information content (AvgIpc) is 2.99. The first-order chi connectivity index (χ1) is 21.2. The minimum Gasteiger partial charge on any atom is -0.491 e. The van der Waals surface area contributed by atoms with Crippen LogP contribution in [0.3, 0.4) is 0 Å². The molecule has 1 aliphatic carbocycles. The number of hydrogen-bond donors (Lipinski definition) is 4. The van der Waals surface area contributed by atoms with Crippen LogP contribution in [-0.4, -0.2) is 50.2 Å². The molecule has 11 heteroatoms. The third-order valence-corrected chi connectivity index (χ3v) is 7.78. The fourth-order valence-electron chi connectivity index (χ4n) is 4.55. The molecule has 0 radical (unpaired) electrons. The van der Waals surface area contributed by atoms with Gasteiger partial charge in [-0.2, -0.15) is 0 Å². The molecule has 0 bridgehead atoms. The molecule has 1 aromatic heterocycles. The van der Waals surface area contributed by atoms with Crippen molar-refractivity contribution < 1.29 is 28.2 Å². The minimum atomic E-state index is -0.908. The molecule has 0 saturated heterocycles. The van der Waals surface area contributed by atoms with Crippen LogP contribution in [0.15, 0.2) is 78.7 Å². The summed E-state index contributed by atoms with van der Waals surface area (Å²) in [4.78, 5) is 9.35. The number of nitrogens with one attached hydrogen (secondary N) is 2. The van der Waals surface area contributed by atoms with Gasteiger partial charge in [0.15, 0.2) is 0 Å². The molecule has 0 amide bonds. The van der Waals surface area contributed by atoms with E-state index in [0.717, 1.165) is 29.8 Å². The third kappa shape index (κ3) is 9.14. The summed E-state index contributed by atoms with van der Waals surface area (Å²) in [5, 5.41) is 22.0. The molecule has 2 aromatic carbocycles. The highest BCUT2D eigenvalue weighted by Crippen LogP contribution is 2.25. The number of aryl methyl sites for hydroxylation is 1. The standard InChI is InChI=1S/C33H37F2N5O3S/c1-22-8-3-4-10-24(14-13-22)39-32-23(9-7-17-44(2)42)20-38-33(40-32)31(36)26-11-5-6-12-30(26)37-21-27-28(34)18-25(19-29(27)35)43-16-15-41/h3-6,10-14,18-20,22,36-37,41H,7-9,15-17,21H2,1-2H3,(H,38,39,40)/p+1/b4-3+,14-13-,24-10+,36-31?/t22?,44-/m1/s1. The monoisotopic (exact) mass is 622 g/mol. The molecule has 1 heterocycles. The van der Waals surface area contributed by atoms with Crippen LogP contribution in [-0.2, 0) is 23.8 Å². The van der Waals surface area contributed by atoms with Gasteiger partial charge in [-0.15, -0.1) is 0 Å². The Balaban J connectivity index is 1.59. The van der Waals surface area contributed by atoms with Crippen LogP contribution in [0.4, 0.5) is 20.3 Å². The molecule has 8 nitrogen and oxygen atoms in total. The summed E-state index contributed by atoms with van der Waals surface area (Å²) in [6.45, 7) is 1.66. The van der Waals surface area contributed by atoms with Crippen LogP contribution in [0.1, 0.15) is 42.3 Å². The number of rotatable bonds is 14. The van der Waals surface area contributed by atoms with Crippen LogP contribution in [0, 0.1) is 17.6 Å². The lowest BCUT2D eigenvalue weighted by atomic mass is 10.0. The van der Waals surface area contributed by atoms with Crippen molar-refractivity contribution in [3.63, 3.8) is 0 Å². The molecule has 3 aromatic rings. The Morgan fingerprint density at radius 3 is 2.75 bits per heavy atom. The number of para-hydroxylation sites is 1. The minimum absolute atomic E-state index is 0.0000607. The Bertz CT molecular complexity index is 1570. The number of aromatic nitrogens is 2. The molecule has 0 spiro atoms. The molecule has 0 saturated carbocycles. The molecule has 4 rings (SSSR count). The predicted molar refractivity (Wildman–Crippen MR) is 171 cm³/mol. The molecule has 232 valence electrons. The summed E-state index contributed by atoms with van der Waals surface area (Å²) >= 11 is 0. The predicted octanol–water partition coefficient (Wildman–Crippen LogP) is 4.09. The van der Waals surface area contributed by atoms with Gasteiger partial charge < -0.3 is 20.5 Å². The number of anilines is 2.